The standard InChI is InChI=1S/C22H23N3O3/c1-4-25(18-8-6-5-7-9-18)21-13-10-16(15-23-21)22(26)24-17-11-12-19(27-2)20(14-17)28-3/h5-15H,4H2,1-3H3,(H,24,26). The van der Waals surface area contributed by atoms with E-state index in [1.807, 2.05) is 36.4 Å². The summed E-state index contributed by atoms with van der Waals surface area (Å²) in [5.74, 6) is 1.70. The van der Waals surface area contributed by atoms with Gasteiger partial charge in [-0.3, -0.25) is 4.79 Å². The summed E-state index contributed by atoms with van der Waals surface area (Å²) < 4.78 is 10.5. The number of aromatic nitrogens is 1. The molecule has 1 aromatic heterocycles. The highest BCUT2D eigenvalue weighted by atomic mass is 16.5. The molecule has 1 amide bonds. The molecule has 0 unspecified atom stereocenters. The van der Waals surface area contributed by atoms with E-state index in [0.29, 0.717) is 22.7 Å². The van der Waals surface area contributed by atoms with Crippen LogP contribution in [0.3, 0.4) is 0 Å². The first-order valence-electron chi connectivity index (χ1n) is 8.98. The number of ether oxygens (including phenoxy) is 2. The summed E-state index contributed by atoms with van der Waals surface area (Å²) in [6, 6.07) is 18.9. The number of hydrogen-bond donors (Lipinski definition) is 1. The van der Waals surface area contributed by atoms with Crippen LogP contribution in [0.15, 0.2) is 66.9 Å². The monoisotopic (exact) mass is 377 g/mol. The molecule has 0 fully saturated rings. The van der Waals surface area contributed by atoms with E-state index < -0.39 is 0 Å². The average molecular weight is 377 g/mol. The number of carbonyl (C=O) groups excluding carboxylic acids is 1. The van der Waals surface area contributed by atoms with Gasteiger partial charge in [-0.1, -0.05) is 18.2 Å². The van der Waals surface area contributed by atoms with Gasteiger partial charge < -0.3 is 19.7 Å². The Morgan fingerprint density at radius 3 is 2.36 bits per heavy atom. The van der Waals surface area contributed by atoms with E-state index in [-0.39, 0.29) is 5.91 Å². The second-order valence-electron chi connectivity index (χ2n) is 6.01. The number of para-hydroxylation sites is 1. The molecule has 3 rings (SSSR count). The molecule has 0 spiro atoms. The minimum absolute atomic E-state index is 0.242. The van der Waals surface area contributed by atoms with Gasteiger partial charge in [0.2, 0.25) is 0 Å². The Hall–Kier alpha value is -3.54. The molecular formula is C22H23N3O3. The Morgan fingerprint density at radius 2 is 1.75 bits per heavy atom. The van der Waals surface area contributed by atoms with Gasteiger partial charge in [0.25, 0.3) is 5.91 Å². The van der Waals surface area contributed by atoms with Crippen LogP contribution in [0.1, 0.15) is 17.3 Å². The lowest BCUT2D eigenvalue weighted by Gasteiger charge is -2.22. The number of rotatable bonds is 7. The number of nitrogens with zero attached hydrogens (tertiary/aromatic N) is 2. The highest BCUT2D eigenvalue weighted by Crippen LogP contribution is 2.30. The molecule has 0 aliphatic heterocycles. The van der Waals surface area contributed by atoms with Crippen LogP contribution in [0.2, 0.25) is 0 Å². The van der Waals surface area contributed by atoms with Gasteiger partial charge in [0.1, 0.15) is 5.82 Å². The second kappa shape index (κ2) is 8.90. The number of nitrogens with one attached hydrogen (secondary N) is 1. The van der Waals surface area contributed by atoms with E-state index in [1.165, 1.54) is 0 Å². The Balaban J connectivity index is 1.75. The molecular weight excluding hydrogens is 354 g/mol. The first-order valence-corrected chi connectivity index (χ1v) is 8.98. The smallest absolute Gasteiger partial charge is 0.257 e. The molecule has 6 heteroatoms. The van der Waals surface area contributed by atoms with Crippen LogP contribution >= 0.6 is 0 Å². The van der Waals surface area contributed by atoms with E-state index in [9.17, 15) is 4.79 Å². The normalized spacial score (nSPS) is 10.2. The number of amides is 1. The number of anilines is 3. The third-order valence-corrected chi connectivity index (χ3v) is 4.31. The van der Waals surface area contributed by atoms with E-state index in [0.717, 1.165) is 18.1 Å². The van der Waals surface area contributed by atoms with Gasteiger partial charge in [-0.05, 0) is 43.3 Å². The third-order valence-electron chi connectivity index (χ3n) is 4.31. The summed E-state index contributed by atoms with van der Waals surface area (Å²) in [5, 5.41) is 2.85. The number of benzene rings is 2. The zero-order chi connectivity index (χ0) is 19.9. The zero-order valence-corrected chi connectivity index (χ0v) is 16.2. The van der Waals surface area contributed by atoms with Crippen LogP contribution in [-0.4, -0.2) is 31.7 Å². The van der Waals surface area contributed by atoms with Crippen LogP contribution in [0, 0.1) is 0 Å². The van der Waals surface area contributed by atoms with Gasteiger partial charge in [-0.15, -0.1) is 0 Å². The van der Waals surface area contributed by atoms with Crippen molar-refractivity contribution in [3.63, 3.8) is 0 Å². The van der Waals surface area contributed by atoms with Crippen LogP contribution in [0.5, 0.6) is 11.5 Å². The van der Waals surface area contributed by atoms with Crippen molar-refractivity contribution >= 4 is 23.1 Å². The van der Waals surface area contributed by atoms with Gasteiger partial charge in [0, 0.05) is 30.2 Å². The zero-order valence-electron chi connectivity index (χ0n) is 16.2. The van der Waals surface area contributed by atoms with E-state index in [4.69, 9.17) is 9.47 Å². The number of pyridine rings is 1. The molecule has 0 bridgehead atoms. The topological polar surface area (TPSA) is 63.7 Å². The molecule has 2 aromatic carbocycles. The average Bonchev–Trinajstić information content (AvgIpc) is 2.75. The maximum atomic E-state index is 12.6. The third kappa shape index (κ3) is 4.23. The number of hydrogen-bond acceptors (Lipinski definition) is 5. The largest absolute Gasteiger partial charge is 0.493 e. The summed E-state index contributed by atoms with van der Waals surface area (Å²) in [5.41, 5.74) is 2.15. The molecule has 0 aliphatic rings. The van der Waals surface area contributed by atoms with Crippen molar-refractivity contribution in [3.05, 3.63) is 72.4 Å². The second-order valence-corrected chi connectivity index (χ2v) is 6.01. The summed E-state index contributed by atoms with van der Waals surface area (Å²) in [4.78, 5) is 19.1. The van der Waals surface area contributed by atoms with E-state index in [1.54, 1.807) is 44.7 Å². The molecule has 0 atom stereocenters. The molecule has 1 N–H and O–H groups in total. The maximum Gasteiger partial charge on any atom is 0.257 e. The number of carbonyl (C=O) groups is 1. The first kappa shape index (κ1) is 19.2. The maximum absolute atomic E-state index is 12.6. The van der Waals surface area contributed by atoms with Gasteiger partial charge in [-0.25, -0.2) is 4.98 Å². The fraction of sp³-hybridized carbons (Fsp3) is 0.182. The molecule has 6 nitrogen and oxygen atoms in total. The minimum atomic E-state index is -0.242. The predicted octanol–water partition coefficient (Wildman–Crippen LogP) is 4.51. The Labute approximate surface area is 164 Å². The molecule has 0 saturated carbocycles. The van der Waals surface area contributed by atoms with E-state index in [2.05, 4.69) is 22.1 Å². The van der Waals surface area contributed by atoms with Crippen molar-refractivity contribution in [1.82, 2.24) is 4.98 Å². The molecule has 0 aliphatic carbocycles. The Bertz CT molecular complexity index is 928. The van der Waals surface area contributed by atoms with Crippen molar-refractivity contribution in [3.8, 4) is 11.5 Å². The van der Waals surface area contributed by atoms with Crippen molar-refractivity contribution in [2.24, 2.45) is 0 Å². The molecule has 1 heterocycles. The highest BCUT2D eigenvalue weighted by molar-refractivity contribution is 6.04. The lowest BCUT2D eigenvalue weighted by Crippen LogP contribution is -2.18. The summed E-state index contributed by atoms with van der Waals surface area (Å²) >= 11 is 0. The Kier molecular flexibility index (Phi) is 6.11. The van der Waals surface area contributed by atoms with Crippen molar-refractivity contribution < 1.29 is 14.3 Å². The van der Waals surface area contributed by atoms with Crippen molar-refractivity contribution in [2.45, 2.75) is 6.92 Å². The summed E-state index contributed by atoms with van der Waals surface area (Å²) in [7, 11) is 3.12. The van der Waals surface area contributed by atoms with Crippen molar-refractivity contribution in [1.29, 1.82) is 0 Å². The summed E-state index contributed by atoms with van der Waals surface area (Å²) in [6.07, 6.45) is 1.58. The van der Waals surface area contributed by atoms with Crippen molar-refractivity contribution in [2.75, 3.05) is 31.0 Å². The minimum Gasteiger partial charge on any atom is -0.493 e. The molecule has 0 saturated heterocycles. The fourth-order valence-electron chi connectivity index (χ4n) is 2.88. The van der Waals surface area contributed by atoms with E-state index >= 15 is 0 Å². The molecule has 28 heavy (non-hydrogen) atoms. The molecule has 0 radical (unpaired) electrons. The number of methoxy groups -OCH3 is 2. The van der Waals surface area contributed by atoms with Gasteiger partial charge >= 0.3 is 0 Å². The highest BCUT2D eigenvalue weighted by Gasteiger charge is 2.12. The van der Waals surface area contributed by atoms with Crippen LogP contribution in [0.25, 0.3) is 0 Å². The Morgan fingerprint density at radius 1 is 1.00 bits per heavy atom. The van der Waals surface area contributed by atoms with Gasteiger partial charge in [0.05, 0.1) is 19.8 Å². The molecule has 3 aromatic rings. The fourth-order valence-corrected chi connectivity index (χ4v) is 2.88. The first-order chi connectivity index (χ1) is 13.7. The van der Waals surface area contributed by atoms with Crippen LogP contribution in [0.4, 0.5) is 17.2 Å². The summed E-state index contributed by atoms with van der Waals surface area (Å²) in [6.45, 7) is 2.83. The lowest BCUT2D eigenvalue weighted by atomic mass is 10.2. The lowest BCUT2D eigenvalue weighted by molar-refractivity contribution is 0.102. The SMILES string of the molecule is CCN(c1ccccc1)c1ccc(C(=O)Nc2ccc(OC)c(OC)c2)cn1. The van der Waals surface area contributed by atoms with Crippen LogP contribution in [-0.2, 0) is 0 Å². The predicted molar refractivity (Wildman–Crippen MR) is 111 cm³/mol. The van der Waals surface area contributed by atoms with Crippen LogP contribution < -0.4 is 19.7 Å². The quantitative estimate of drug-likeness (QED) is 0.656. The molecule has 144 valence electrons. The van der Waals surface area contributed by atoms with Gasteiger partial charge in [-0.2, -0.15) is 0 Å². The van der Waals surface area contributed by atoms with Gasteiger partial charge in [0.15, 0.2) is 11.5 Å².